The number of anilines is 2. The Balaban J connectivity index is 1.67. The van der Waals surface area contributed by atoms with Crippen molar-refractivity contribution in [2.75, 3.05) is 16.8 Å². The third kappa shape index (κ3) is 4.06. The van der Waals surface area contributed by atoms with Crippen LogP contribution in [0, 0.1) is 0 Å². The maximum absolute atomic E-state index is 12.7. The van der Waals surface area contributed by atoms with Gasteiger partial charge in [0.05, 0.1) is 12.5 Å². The molecule has 0 bridgehead atoms. The molecular weight excluding hydrogens is 314 g/mol. The van der Waals surface area contributed by atoms with Crippen molar-refractivity contribution < 1.29 is 9.59 Å². The van der Waals surface area contributed by atoms with E-state index in [0.717, 1.165) is 30.6 Å². The number of nitrogens with one attached hydrogen (secondary N) is 1. The minimum absolute atomic E-state index is 0.0968. The van der Waals surface area contributed by atoms with Gasteiger partial charge in [-0.15, -0.1) is 0 Å². The summed E-state index contributed by atoms with van der Waals surface area (Å²) in [6, 6.07) is 14.9. The van der Waals surface area contributed by atoms with E-state index in [-0.39, 0.29) is 11.8 Å². The molecule has 2 amide bonds. The van der Waals surface area contributed by atoms with E-state index < -0.39 is 6.04 Å². The maximum atomic E-state index is 12.7. The topological polar surface area (TPSA) is 75.4 Å². The number of carbonyl (C=O) groups excluding carboxylic acids is 2. The number of aryl methyl sites for hydroxylation is 1. The third-order valence-electron chi connectivity index (χ3n) is 4.40. The first-order chi connectivity index (χ1) is 12.0. The lowest BCUT2D eigenvalue weighted by Gasteiger charge is -2.29. The lowest BCUT2D eigenvalue weighted by molar-refractivity contribution is -0.118. The Morgan fingerprint density at radius 2 is 1.88 bits per heavy atom. The molecule has 25 heavy (non-hydrogen) atoms. The standard InChI is InChI=1S/C20H23N3O2/c1-14(21)20(25)22-17-10-8-15(9-11-17)13-19(24)23-12-4-6-16-5-2-3-7-18(16)23/h2-3,5,7-11,14H,4,6,12-13,21H2,1H3,(H,22,25)/t14-/m1/s1. The van der Waals surface area contributed by atoms with Crippen molar-refractivity contribution in [2.24, 2.45) is 5.73 Å². The smallest absolute Gasteiger partial charge is 0.240 e. The quantitative estimate of drug-likeness (QED) is 0.900. The van der Waals surface area contributed by atoms with E-state index >= 15 is 0 Å². The summed E-state index contributed by atoms with van der Waals surface area (Å²) in [5.74, 6) is -0.131. The number of carbonyl (C=O) groups is 2. The van der Waals surface area contributed by atoms with Crippen molar-refractivity contribution in [3.63, 3.8) is 0 Å². The number of amides is 2. The van der Waals surface area contributed by atoms with Gasteiger partial charge in [0, 0.05) is 17.9 Å². The molecule has 1 atom stereocenters. The molecule has 0 saturated heterocycles. The first kappa shape index (κ1) is 17.2. The predicted octanol–water partition coefficient (Wildman–Crippen LogP) is 2.49. The number of nitrogens with two attached hydrogens (primary N) is 1. The molecule has 0 fully saturated rings. The zero-order chi connectivity index (χ0) is 17.8. The summed E-state index contributed by atoms with van der Waals surface area (Å²) >= 11 is 0. The van der Waals surface area contributed by atoms with Gasteiger partial charge in [0.1, 0.15) is 0 Å². The van der Waals surface area contributed by atoms with E-state index in [9.17, 15) is 9.59 Å². The van der Waals surface area contributed by atoms with Crippen LogP contribution in [0.2, 0.25) is 0 Å². The monoisotopic (exact) mass is 337 g/mol. The number of para-hydroxylation sites is 1. The minimum Gasteiger partial charge on any atom is -0.325 e. The summed E-state index contributed by atoms with van der Waals surface area (Å²) in [7, 11) is 0. The molecule has 2 aromatic carbocycles. The zero-order valence-electron chi connectivity index (χ0n) is 14.4. The predicted molar refractivity (Wildman–Crippen MR) is 99.5 cm³/mol. The van der Waals surface area contributed by atoms with E-state index in [2.05, 4.69) is 11.4 Å². The number of rotatable bonds is 4. The van der Waals surface area contributed by atoms with Crippen molar-refractivity contribution in [3.8, 4) is 0 Å². The molecule has 3 rings (SSSR count). The molecule has 1 heterocycles. The summed E-state index contributed by atoms with van der Waals surface area (Å²) in [4.78, 5) is 26.2. The average Bonchev–Trinajstić information content (AvgIpc) is 2.62. The van der Waals surface area contributed by atoms with E-state index in [1.165, 1.54) is 5.56 Å². The normalized spacial score (nSPS) is 14.6. The Kier molecular flexibility index (Phi) is 5.14. The second kappa shape index (κ2) is 7.49. The molecule has 2 aromatic rings. The maximum Gasteiger partial charge on any atom is 0.240 e. The minimum atomic E-state index is -0.555. The first-order valence-corrected chi connectivity index (χ1v) is 8.58. The van der Waals surface area contributed by atoms with Crippen molar-refractivity contribution >= 4 is 23.2 Å². The fraction of sp³-hybridized carbons (Fsp3) is 0.300. The van der Waals surface area contributed by atoms with Crippen LogP contribution in [0.1, 0.15) is 24.5 Å². The molecule has 0 aliphatic carbocycles. The molecule has 1 aliphatic heterocycles. The Hall–Kier alpha value is -2.66. The molecule has 0 aromatic heterocycles. The average molecular weight is 337 g/mol. The Morgan fingerprint density at radius 3 is 2.60 bits per heavy atom. The van der Waals surface area contributed by atoms with Gasteiger partial charge < -0.3 is 16.0 Å². The lowest BCUT2D eigenvalue weighted by atomic mass is 10.0. The zero-order valence-corrected chi connectivity index (χ0v) is 14.4. The Morgan fingerprint density at radius 1 is 1.16 bits per heavy atom. The van der Waals surface area contributed by atoms with Gasteiger partial charge in [-0.2, -0.15) is 0 Å². The molecule has 3 N–H and O–H groups in total. The van der Waals surface area contributed by atoms with E-state index in [1.54, 1.807) is 19.1 Å². The van der Waals surface area contributed by atoms with Crippen molar-refractivity contribution in [1.82, 2.24) is 0 Å². The Labute approximate surface area is 147 Å². The fourth-order valence-corrected chi connectivity index (χ4v) is 3.02. The highest BCUT2D eigenvalue weighted by molar-refractivity contribution is 5.96. The summed E-state index contributed by atoms with van der Waals surface area (Å²) in [6.45, 7) is 2.40. The number of benzene rings is 2. The third-order valence-corrected chi connectivity index (χ3v) is 4.40. The fourth-order valence-electron chi connectivity index (χ4n) is 3.02. The first-order valence-electron chi connectivity index (χ1n) is 8.58. The highest BCUT2D eigenvalue weighted by Crippen LogP contribution is 2.27. The molecule has 0 radical (unpaired) electrons. The molecule has 0 unspecified atom stereocenters. The molecule has 5 heteroatoms. The summed E-state index contributed by atoms with van der Waals surface area (Å²) in [6.07, 6.45) is 2.36. The molecular formula is C20H23N3O2. The van der Waals surface area contributed by atoms with Crippen LogP contribution in [0.15, 0.2) is 48.5 Å². The van der Waals surface area contributed by atoms with Gasteiger partial charge in [0.2, 0.25) is 11.8 Å². The molecule has 1 aliphatic rings. The van der Waals surface area contributed by atoms with Crippen molar-refractivity contribution in [2.45, 2.75) is 32.2 Å². The van der Waals surface area contributed by atoms with Crippen LogP contribution < -0.4 is 16.0 Å². The van der Waals surface area contributed by atoms with Gasteiger partial charge in [0.15, 0.2) is 0 Å². The summed E-state index contributed by atoms with van der Waals surface area (Å²) in [5, 5.41) is 2.74. The van der Waals surface area contributed by atoms with Crippen molar-refractivity contribution in [1.29, 1.82) is 0 Å². The van der Waals surface area contributed by atoms with E-state index in [1.807, 2.05) is 35.2 Å². The highest BCUT2D eigenvalue weighted by Gasteiger charge is 2.22. The lowest BCUT2D eigenvalue weighted by Crippen LogP contribution is -2.36. The van der Waals surface area contributed by atoms with Crippen molar-refractivity contribution in [3.05, 3.63) is 59.7 Å². The van der Waals surface area contributed by atoms with Gasteiger partial charge in [-0.3, -0.25) is 9.59 Å². The van der Waals surface area contributed by atoms with Crippen LogP contribution in [0.25, 0.3) is 0 Å². The van der Waals surface area contributed by atoms with Crippen LogP contribution in [0.4, 0.5) is 11.4 Å². The largest absolute Gasteiger partial charge is 0.325 e. The van der Waals surface area contributed by atoms with Crippen LogP contribution in [0.5, 0.6) is 0 Å². The Bertz CT molecular complexity index is 769. The van der Waals surface area contributed by atoms with E-state index in [4.69, 9.17) is 5.73 Å². The van der Waals surface area contributed by atoms with Crippen LogP contribution in [0.3, 0.4) is 0 Å². The SMILES string of the molecule is C[C@@H](N)C(=O)Nc1ccc(CC(=O)N2CCCc3ccccc32)cc1. The van der Waals surface area contributed by atoms with E-state index in [0.29, 0.717) is 12.1 Å². The van der Waals surface area contributed by atoms with Gasteiger partial charge in [0.25, 0.3) is 0 Å². The molecule has 0 spiro atoms. The summed E-state index contributed by atoms with van der Waals surface area (Å²) < 4.78 is 0. The van der Waals surface area contributed by atoms with Crippen LogP contribution in [-0.2, 0) is 22.4 Å². The number of fused-ring (bicyclic) bond motifs is 1. The van der Waals surface area contributed by atoms with Gasteiger partial charge in [-0.1, -0.05) is 30.3 Å². The number of nitrogens with zero attached hydrogens (tertiary/aromatic N) is 1. The van der Waals surface area contributed by atoms with Gasteiger partial charge in [-0.25, -0.2) is 0 Å². The second-order valence-electron chi connectivity index (χ2n) is 6.43. The second-order valence-corrected chi connectivity index (χ2v) is 6.43. The van der Waals surface area contributed by atoms with Gasteiger partial charge in [-0.05, 0) is 49.1 Å². The molecule has 5 nitrogen and oxygen atoms in total. The number of hydrogen-bond donors (Lipinski definition) is 2. The molecule has 130 valence electrons. The summed E-state index contributed by atoms with van der Waals surface area (Å²) in [5.41, 5.74) is 9.40. The highest BCUT2D eigenvalue weighted by atomic mass is 16.2. The molecule has 0 saturated carbocycles. The number of hydrogen-bond acceptors (Lipinski definition) is 3. The van der Waals surface area contributed by atoms with Crippen LogP contribution >= 0.6 is 0 Å². The van der Waals surface area contributed by atoms with Gasteiger partial charge >= 0.3 is 0 Å². The van der Waals surface area contributed by atoms with Crippen LogP contribution in [-0.4, -0.2) is 24.4 Å².